The van der Waals surface area contributed by atoms with E-state index in [9.17, 15) is 4.79 Å². The molecule has 0 spiro atoms. The van der Waals surface area contributed by atoms with Crippen molar-refractivity contribution >= 4 is 62.0 Å². The first-order chi connectivity index (χ1) is 21.1. The quantitative estimate of drug-likeness (QED) is 0.141. The second-order valence-electron chi connectivity index (χ2n) is 10.5. The Labute approximate surface area is 255 Å². The molecule has 6 aromatic rings. The molecule has 4 aromatic carbocycles. The van der Waals surface area contributed by atoms with Gasteiger partial charge in [-0.3, -0.25) is 9.69 Å². The highest BCUT2D eigenvalue weighted by atomic mass is 32.1. The van der Waals surface area contributed by atoms with Crippen molar-refractivity contribution in [3.05, 3.63) is 120 Å². The van der Waals surface area contributed by atoms with Gasteiger partial charge in [0.15, 0.2) is 11.0 Å². The van der Waals surface area contributed by atoms with E-state index in [4.69, 9.17) is 4.98 Å². The minimum atomic E-state index is 0.681. The third kappa shape index (κ3) is 4.53. The van der Waals surface area contributed by atoms with Crippen molar-refractivity contribution in [2.24, 2.45) is 7.05 Å². The molecular formula is C36H32N5OS+. The molecule has 7 rings (SSSR count). The van der Waals surface area contributed by atoms with Gasteiger partial charge >= 0.3 is 0 Å². The number of aryl methyl sites for hydroxylation is 2. The molecule has 1 aliphatic rings. The van der Waals surface area contributed by atoms with Crippen LogP contribution in [0.25, 0.3) is 37.9 Å². The molecule has 0 amide bonds. The maximum atomic E-state index is 11.4. The lowest BCUT2D eigenvalue weighted by molar-refractivity contribution is -0.670. The van der Waals surface area contributed by atoms with Crippen molar-refractivity contribution in [2.75, 3.05) is 16.3 Å². The molecule has 7 heteroatoms. The molecular weight excluding hydrogens is 550 g/mol. The zero-order chi connectivity index (χ0) is 29.5. The van der Waals surface area contributed by atoms with Crippen LogP contribution in [0.5, 0.6) is 0 Å². The van der Waals surface area contributed by atoms with Gasteiger partial charge in [-0.2, -0.15) is 0 Å². The third-order valence-corrected chi connectivity index (χ3v) is 9.18. The van der Waals surface area contributed by atoms with E-state index in [1.54, 1.807) is 11.3 Å². The summed E-state index contributed by atoms with van der Waals surface area (Å²) in [5.74, 6) is 2.16. The summed E-state index contributed by atoms with van der Waals surface area (Å²) in [5, 5.41) is 1.03. The number of carbonyl (C=O) groups is 1. The topological polar surface area (TPSA) is 45.2 Å². The van der Waals surface area contributed by atoms with Crippen molar-refractivity contribution < 1.29 is 9.36 Å². The number of anilines is 3. The number of nitrogens with zero attached hydrogens (tertiary/aromatic N) is 5. The molecule has 3 heterocycles. The van der Waals surface area contributed by atoms with E-state index < -0.39 is 0 Å². The fourth-order valence-corrected chi connectivity index (χ4v) is 7.03. The van der Waals surface area contributed by atoms with Crippen LogP contribution in [-0.4, -0.2) is 22.4 Å². The lowest BCUT2D eigenvalue weighted by Gasteiger charge is -2.24. The highest BCUT2D eigenvalue weighted by Gasteiger charge is 2.32. The number of hydrogen-bond acceptors (Lipinski definition) is 5. The molecule has 1 aliphatic heterocycles. The van der Waals surface area contributed by atoms with Gasteiger partial charge in [0.2, 0.25) is 0 Å². The van der Waals surface area contributed by atoms with E-state index in [1.165, 1.54) is 4.70 Å². The molecule has 0 bridgehead atoms. The Bertz CT molecular complexity index is 2020. The minimum absolute atomic E-state index is 0.681. The first-order valence-electron chi connectivity index (χ1n) is 14.6. The number of fused-ring (bicyclic) bond motifs is 3. The van der Waals surface area contributed by atoms with Gasteiger partial charge in [0.1, 0.15) is 17.1 Å². The van der Waals surface area contributed by atoms with Crippen molar-refractivity contribution in [3.8, 4) is 10.6 Å². The van der Waals surface area contributed by atoms with E-state index in [1.807, 2.05) is 24.3 Å². The summed E-state index contributed by atoms with van der Waals surface area (Å²) in [6.45, 7) is 5.98. The third-order valence-electron chi connectivity index (χ3n) is 8.10. The molecule has 43 heavy (non-hydrogen) atoms. The number of para-hydroxylation sites is 2. The summed E-state index contributed by atoms with van der Waals surface area (Å²) < 4.78 is 5.63. The van der Waals surface area contributed by atoms with Crippen LogP contribution in [0, 0.1) is 0 Å². The molecule has 0 atom stereocenters. The first-order valence-corrected chi connectivity index (χ1v) is 15.4. The molecule has 0 saturated carbocycles. The Kier molecular flexibility index (Phi) is 6.87. The summed E-state index contributed by atoms with van der Waals surface area (Å²) >= 11 is 1.73. The normalized spacial score (nSPS) is 14.1. The molecule has 212 valence electrons. The average molecular weight is 583 g/mol. The van der Waals surface area contributed by atoms with Crippen LogP contribution < -0.4 is 14.4 Å². The van der Waals surface area contributed by atoms with Crippen molar-refractivity contribution in [3.63, 3.8) is 0 Å². The number of rotatable bonds is 7. The van der Waals surface area contributed by atoms with Crippen LogP contribution in [0.15, 0.2) is 109 Å². The zero-order valence-corrected chi connectivity index (χ0v) is 25.3. The van der Waals surface area contributed by atoms with Crippen molar-refractivity contribution in [1.82, 2.24) is 9.55 Å². The Morgan fingerprint density at radius 3 is 2.49 bits per heavy atom. The second-order valence-corrected chi connectivity index (χ2v) is 11.5. The Balaban J connectivity index is 1.33. The Morgan fingerprint density at radius 2 is 1.72 bits per heavy atom. The number of aromatic nitrogens is 3. The number of aldehydes is 1. The monoisotopic (exact) mass is 582 g/mol. The van der Waals surface area contributed by atoms with Gasteiger partial charge in [-0.15, -0.1) is 11.3 Å². The Morgan fingerprint density at radius 1 is 0.907 bits per heavy atom. The van der Waals surface area contributed by atoms with Crippen LogP contribution in [0.4, 0.5) is 17.1 Å². The van der Waals surface area contributed by atoms with Crippen molar-refractivity contribution in [2.45, 2.75) is 20.4 Å². The second kappa shape index (κ2) is 11.0. The van der Waals surface area contributed by atoms with Gasteiger partial charge in [0.05, 0.1) is 35.2 Å². The fraction of sp³-hybridized carbons (Fsp3) is 0.139. The standard InChI is InChI=1S/C36H32N5OS/c1-4-39-29-20-18-25(24-42)22-31(29)38(3)34(39)16-11-17-35-40(5-2)32-23-26(36-37-28-14-9-10-15-33(28)43-36)19-21-30(32)41(35)27-12-7-6-8-13-27/h6-24H,4-5H2,1-3H3/q+1. The van der Waals surface area contributed by atoms with E-state index in [0.29, 0.717) is 5.56 Å². The summed E-state index contributed by atoms with van der Waals surface area (Å²) in [7, 11) is 2.06. The predicted octanol–water partition coefficient (Wildman–Crippen LogP) is 8.11. The number of hydrogen-bond donors (Lipinski definition) is 0. The van der Waals surface area contributed by atoms with Crippen LogP contribution in [-0.2, 0) is 13.6 Å². The SMILES string of the molecule is CCN1C(=CC=Cc2n(C)c3cc(C=O)ccc3[n+]2CC)N(c2ccccc2)c2ccc(-c3nc4ccccc4s3)cc21. The fourth-order valence-electron chi connectivity index (χ4n) is 6.06. The highest BCUT2D eigenvalue weighted by Crippen LogP contribution is 2.48. The predicted molar refractivity (Wildman–Crippen MR) is 178 cm³/mol. The molecule has 0 radical (unpaired) electrons. The molecule has 6 nitrogen and oxygen atoms in total. The molecule has 0 unspecified atom stereocenters. The number of benzene rings is 4. The lowest BCUT2D eigenvalue weighted by atomic mass is 10.1. The maximum absolute atomic E-state index is 11.4. The lowest BCUT2D eigenvalue weighted by Crippen LogP contribution is -2.34. The summed E-state index contributed by atoms with van der Waals surface area (Å²) in [6, 6.07) is 31.4. The van der Waals surface area contributed by atoms with Crippen LogP contribution in [0.2, 0.25) is 0 Å². The average Bonchev–Trinajstić information content (AvgIpc) is 3.70. The van der Waals surface area contributed by atoms with Gasteiger partial charge in [0.25, 0.3) is 5.82 Å². The minimum Gasteiger partial charge on any atom is -0.326 e. The summed E-state index contributed by atoms with van der Waals surface area (Å²) in [5.41, 5.74) is 8.41. The molecule has 0 N–H and O–H groups in total. The summed E-state index contributed by atoms with van der Waals surface area (Å²) in [6.07, 6.45) is 7.39. The van der Waals surface area contributed by atoms with Crippen LogP contribution >= 0.6 is 11.3 Å². The van der Waals surface area contributed by atoms with Gasteiger partial charge < -0.3 is 4.90 Å². The van der Waals surface area contributed by atoms with Crippen LogP contribution in [0.1, 0.15) is 30.0 Å². The van der Waals surface area contributed by atoms with E-state index in [2.05, 4.69) is 125 Å². The molecule has 0 aliphatic carbocycles. The van der Waals surface area contributed by atoms with E-state index >= 15 is 0 Å². The van der Waals surface area contributed by atoms with Gasteiger partial charge in [-0.1, -0.05) is 36.4 Å². The first kappa shape index (κ1) is 26.9. The number of thiazole rings is 1. The maximum Gasteiger partial charge on any atom is 0.282 e. The number of imidazole rings is 1. The molecule has 0 fully saturated rings. The number of allylic oxidation sites excluding steroid dienone is 2. The van der Waals surface area contributed by atoms with Crippen LogP contribution in [0.3, 0.4) is 0 Å². The van der Waals surface area contributed by atoms with Gasteiger partial charge in [0, 0.05) is 29.4 Å². The largest absolute Gasteiger partial charge is 0.326 e. The zero-order valence-electron chi connectivity index (χ0n) is 24.4. The molecule has 2 aromatic heterocycles. The number of carbonyl (C=O) groups excluding carboxylic acids is 1. The van der Waals surface area contributed by atoms with E-state index in [-0.39, 0.29) is 0 Å². The smallest absolute Gasteiger partial charge is 0.282 e. The Hall–Kier alpha value is -5.01. The van der Waals surface area contributed by atoms with Gasteiger partial charge in [-0.05, 0) is 80.6 Å². The van der Waals surface area contributed by atoms with E-state index in [0.717, 1.165) is 75.2 Å². The highest BCUT2D eigenvalue weighted by molar-refractivity contribution is 7.21. The summed E-state index contributed by atoms with van der Waals surface area (Å²) in [4.78, 5) is 21.1. The van der Waals surface area contributed by atoms with Gasteiger partial charge in [-0.25, -0.2) is 14.1 Å². The van der Waals surface area contributed by atoms with Crippen molar-refractivity contribution in [1.29, 1.82) is 0 Å². The molecule has 0 saturated heterocycles.